The fourth-order valence-electron chi connectivity index (χ4n) is 1.45. The molecule has 1 N–H and O–H groups in total. The third-order valence-corrected chi connectivity index (χ3v) is 2.62. The smallest absolute Gasteiger partial charge is 0.0477 e. The molecule has 0 aromatic carbocycles. The quantitative estimate of drug-likeness (QED) is 0.630. The standard InChI is InChI=1S/C11H25NO/c1-5-8-12-11(7-9-13-4)10(3)6-2/h10-12H,5-9H2,1-4H3. The van der Waals surface area contributed by atoms with Crippen LogP contribution in [0.1, 0.15) is 40.0 Å². The third-order valence-electron chi connectivity index (χ3n) is 2.62. The highest BCUT2D eigenvalue weighted by Gasteiger charge is 2.13. The Kier molecular flexibility index (Phi) is 8.46. The highest BCUT2D eigenvalue weighted by atomic mass is 16.5. The number of methoxy groups -OCH3 is 1. The van der Waals surface area contributed by atoms with Gasteiger partial charge in [0.15, 0.2) is 0 Å². The Balaban J connectivity index is 3.72. The first-order valence-electron chi connectivity index (χ1n) is 5.48. The van der Waals surface area contributed by atoms with E-state index in [1.54, 1.807) is 7.11 Å². The van der Waals surface area contributed by atoms with Gasteiger partial charge in [-0.05, 0) is 25.3 Å². The van der Waals surface area contributed by atoms with Crippen molar-refractivity contribution in [3.05, 3.63) is 0 Å². The van der Waals surface area contributed by atoms with Gasteiger partial charge in [0.2, 0.25) is 0 Å². The molecule has 0 saturated heterocycles. The van der Waals surface area contributed by atoms with Gasteiger partial charge in [0.25, 0.3) is 0 Å². The maximum atomic E-state index is 5.11. The molecule has 0 rings (SSSR count). The van der Waals surface area contributed by atoms with E-state index in [0.717, 1.165) is 25.5 Å². The molecule has 0 aliphatic rings. The van der Waals surface area contributed by atoms with Gasteiger partial charge in [0, 0.05) is 19.8 Å². The van der Waals surface area contributed by atoms with Crippen LogP contribution in [0, 0.1) is 5.92 Å². The molecular weight excluding hydrogens is 162 g/mol. The summed E-state index contributed by atoms with van der Waals surface area (Å²) in [5.41, 5.74) is 0. The average molecular weight is 187 g/mol. The zero-order chi connectivity index (χ0) is 10.1. The summed E-state index contributed by atoms with van der Waals surface area (Å²) in [4.78, 5) is 0. The van der Waals surface area contributed by atoms with Crippen molar-refractivity contribution in [2.75, 3.05) is 20.3 Å². The molecule has 0 saturated carbocycles. The Morgan fingerprint density at radius 1 is 1.31 bits per heavy atom. The fraction of sp³-hybridized carbons (Fsp3) is 1.00. The molecule has 0 amide bonds. The van der Waals surface area contributed by atoms with Crippen molar-refractivity contribution in [1.82, 2.24) is 5.32 Å². The second-order valence-corrected chi connectivity index (χ2v) is 3.73. The van der Waals surface area contributed by atoms with E-state index in [2.05, 4.69) is 26.1 Å². The van der Waals surface area contributed by atoms with Crippen molar-refractivity contribution in [2.24, 2.45) is 5.92 Å². The Morgan fingerprint density at radius 3 is 2.46 bits per heavy atom. The topological polar surface area (TPSA) is 21.3 Å². The molecule has 0 aromatic heterocycles. The number of nitrogens with one attached hydrogen (secondary N) is 1. The molecule has 0 aliphatic heterocycles. The van der Waals surface area contributed by atoms with Gasteiger partial charge in [-0.1, -0.05) is 27.2 Å². The molecule has 2 nitrogen and oxygen atoms in total. The molecule has 0 bridgehead atoms. The molecule has 13 heavy (non-hydrogen) atoms. The molecule has 0 radical (unpaired) electrons. The molecule has 0 aromatic rings. The lowest BCUT2D eigenvalue weighted by molar-refractivity contribution is 0.171. The Hall–Kier alpha value is -0.0800. The molecular formula is C11H25NO. The summed E-state index contributed by atoms with van der Waals surface area (Å²) in [5.74, 6) is 0.752. The summed E-state index contributed by atoms with van der Waals surface area (Å²) in [6.45, 7) is 8.75. The minimum atomic E-state index is 0.630. The Morgan fingerprint density at radius 2 is 2.00 bits per heavy atom. The third kappa shape index (κ3) is 6.05. The van der Waals surface area contributed by atoms with E-state index >= 15 is 0 Å². The highest BCUT2D eigenvalue weighted by Crippen LogP contribution is 2.10. The van der Waals surface area contributed by atoms with Crippen molar-refractivity contribution >= 4 is 0 Å². The van der Waals surface area contributed by atoms with E-state index in [1.165, 1.54) is 12.8 Å². The lowest BCUT2D eigenvalue weighted by atomic mass is 9.96. The van der Waals surface area contributed by atoms with Crippen LogP contribution in [-0.4, -0.2) is 26.3 Å². The molecule has 0 spiro atoms. The second-order valence-electron chi connectivity index (χ2n) is 3.73. The van der Waals surface area contributed by atoms with E-state index in [1.807, 2.05) is 0 Å². The largest absolute Gasteiger partial charge is 0.385 e. The van der Waals surface area contributed by atoms with Crippen molar-refractivity contribution in [1.29, 1.82) is 0 Å². The van der Waals surface area contributed by atoms with E-state index in [-0.39, 0.29) is 0 Å². The molecule has 80 valence electrons. The normalized spacial score (nSPS) is 15.7. The lowest BCUT2D eigenvalue weighted by Gasteiger charge is -2.23. The van der Waals surface area contributed by atoms with E-state index in [0.29, 0.717) is 6.04 Å². The van der Waals surface area contributed by atoms with Crippen LogP contribution >= 0.6 is 0 Å². The summed E-state index contributed by atoms with van der Waals surface area (Å²) < 4.78 is 5.11. The van der Waals surface area contributed by atoms with E-state index < -0.39 is 0 Å². The molecule has 0 heterocycles. The number of hydrogen-bond donors (Lipinski definition) is 1. The minimum Gasteiger partial charge on any atom is -0.385 e. The van der Waals surface area contributed by atoms with Crippen LogP contribution in [0.5, 0.6) is 0 Å². The minimum absolute atomic E-state index is 0.630. The summed E-state index contributed by atoms with van der Waals surface area (Å²) >= 11 is 0. The van der Waals surface area contributed by atoms with Crippen LogP contribution in [0.2, 0.25) is 0 Å². The van der Waals surface area contributed by atoms with Crippen LogP contribution < -0.4 is 5.32 Å². The maximum absolute atomic E-state index is 5.11. The SMILES string of the molecule is CCCNC(CCOC)C(C)CC. The summed E-state index contributed by atoms with van der Waals surface area (Å²) in [6, 6.07) is 0.630. The monoisotopic (exact) mass is 187 g/mol. The van der Waals surface area contributed by atoms with Crippen LogP contribution in [0.15, 0.2) is 0 Å². The van der Waals surface area contributed by atoms with E-state index in [4.69, 9.17) is 4.74 Å². The van der Waals surface area contributed by atoms with Gasteiger partial charge in [-0.3, -0.25) is 0 Å². The van der Waals surface area contributed by atoms with Gasteiger partial charge in [-0.2, -0.15) is 0 Å². The van der Waals surface area contributed by atoms with Crippen molar-refractivity contribution in [3.63, 3.8) is 0 Å². The molecule has 2 unspecified atom stereocenters. The van der Waals surface area contributed by atoms with Gasteiger partial charge in [-0.25, -0.2) is 0 Å². The summed E-state index contributed by atoms with van der Waals surface area (Å²) in [7, 11) is 1.77. The maximum Gasteiger partial charge on any atom is 0.0477 e. The van der Waals surface area contributed by atoms with Gasteiger partial charge >= 0.3 is 0 Å². The molecule has 2 atom stereocenters. The summed E-state index contributed by atoms with van der Waals surface area (Å²) in [5, 5.41) is 3.57. The lowest BCUT2D eigenvalue weighted by Crippen LogP contribution is -2.36. The van der Waals surface area contributed by atoms with Crippen molar-refractivity contribution in [2.45, 2.75) is 46.1 Å². The molecule has 0 fully saturated rings. The van der Waals surface area contributed by atoms with Crippen LogP contribution in [0.4, 0.5) is 0 Å². The Labute approximate surface area is 83.1 Å². The summed E-state index contributed by atoms with van der Waals surface area (Å²) in [6.07, 6.45) is 3.58. The van der Waals surface area contributed by atoms with Crippen LogP contribution in [0.3, 0.4) is 0 Å². The van der Waals surface area contributed by atoms with Gasteiger partial charge in [0.05, 0.1) is 0 Å². The average Bonchev–Trinajstić information content (AvgIpc) is 2.17. The van der Waals surface area contributed by atoms with Crippen molar-refractivity contribution < 1.29 is 4.74 Å². The van der Waals surface area contributed by atoms with E-state index in [9.17, 15) is 0 Å². The fourth-order valence-corrected chi connectivity index (χ4v) is 1.45. The highest BCUT2D eigenvalue weighted by molar-refractivity contribution is 4.71. The first-order valence-corrected chi connectivity index (χ1v) is 5.48. The first kappa shape index (κ1) is 12.9. The van der Waals surface area contributed by atoms with Gasteiger partial charge < -0.3 is 10.1 Å². The van der Waals surface area contributed by atoms with Crippen molar-refractivity contribution in [3.8, 4) is 0 Å². The molecule has 2 heteroatoms. The number of hydrogen-bond acceptors (Lipinski definition) is 2. The number of rotatable bonds is 8. The molecule has 0 aliphatic carbocycles. The first-order chi connectivity index (χ1) is 6.26. The second kappa shape index (κ2) is 8.52. The Bertz CT molecular complexity index is 98.3. The van der Waals surface area contributed by atoms with Gasteiger partial charge in [-0.15, -0.1) is 0 Å². The van der Waals surface area contributed by atoms with Gasteiger partial charge in [0.1, 0.15) is 0 Å². The zero-order valence-electron chi connectivity index (χ0n) is 9.60. The van der Waals surface area contributed by atoms with Crippen LogP contribution in [-0.2, 0) is 4.74 Å². The van der Waals surface area contributed by atoms with Crippen LogP contribution in [0.25, 0.3) is 0 Å². The number of ether oxygens (including phenoxy) is 1. The predicted molar refractivity (Wildman–Crippen MR) is 58.0 cm³/mol. The zero-order valence-corrected chi connectivity index (χ0v) is 9.60. The predicted octanol–water partition coefficient (Wildman–Crippen LogP) is 2.44.